The molecule has 0 aliphatic carbocycles. The molecule has 9 heteroatoms. The van der Waals surface area contributed by atoms with Crippen LogP contribution < -0.4 is 5.01 Å². The van der Waals surface area contributed by atoms with Crippen LogP contribution in [0.15, 0.2) is 61.2 Å². The Hall–Kier alpha value is -2.51. The Labute approximate surface area is 169 Å². The summed E-state index contributed by atoms with van der Waals surface area (Å²) in [6, 6.07) is 11.0. The van der Waals surface area contributed by atoms with Gasteiger partial charge in [0.1, 0.15) is 12.7 Å². The molecule has 0 bridgehead atoms. The van der Waals surface area contributed by atoms with Crippen LogP contribution in [0.5, 0.6) is 0 Å². The van der Waals surface area contributed by atoms with Gasteiger partial charge in [0.05, 0.1) is 11.6 Å². The Morgan fingerprint density at radius 2 is 1.79 bits per heavy atom. The molecule has 0 saturated carbocycles. The Balaban J connectivity index is 1.98. The lowest BCUT2D eigenvalue weighted by Gasteiger charge is -2.21. The lowest BCUT2D eigenvalue weighted by Crippen LogP contribution is -2.25. The van der Waals surface area contributed by atoms with Gasteiger partial charge in [-0.3, -0.25) is 5.01 Å². The summed E-state index contributed by atoms with van der Waals surface area (Å²) in [5.74, 6) is -1.85. The zero-order valence-electron chi connectivity index (χ0n) is 14.6. The zero-order valence-corrected chi connectivity index (χ0v) is 16.1. The number of nitrogens with zero attached hydrogens (tertiary/aromatic N) is 4. The van der Waals surface area contributed by atoms with Gasteiger partial charge in [-0.2, -0.15) is 18.0 Å². The lowest BCUT2D eigenvalue weighted by atomic mass is 9.97. The van der Waals surface area contributed by atoms with E-state index in [0.717, 1.165) is 6.08 Å². The summed E-state index contributed by atoms with van der Waals surface area (Å²) in [4.78, 5) is 5.36. The van der Waals surface area contributed by atoms with Crippen LogP contribution in [0.4, 0.5) is 18.9 Å². The number of aromatic nitrogens is 3. The second-order valence-electron chi connectivity index (χ2n) is 5.98. The molecule has 0 N–H and O–H groups in total. The smallest absolute Gasteiger partial charge is 0.266 e. The van der Waals surface area contributed by atoms with Crippen molar-refractivity contribution in [1.29, 1.82) is 0 Å². The SMILES string of the molecule is CN(c1ccccc1/C=C/C(c1cc(Cl)cc(Cl)c1)C(F)(F)F)n1cncn1. The third-order valence-electron chi connectivity index (χ3n) is 4.06. The molecular weight excluding hydrogens is 412 g/mol. The van der Waals surface area contributed by atoms with Gasteiger partial charge in [-0.25, -0.2) is 4.98 Å². The van der Waals surface area contributed by atoms with Crippen molar-refractivity contribution in [3.63, 3.8) is 0 Å². The van der Waals surface area contributed by atoms with Crippen LogP contribution in [0.1, 0.15) is 17.0 Å². The summed E-state index contributed by atoms with van der Waals surface area (Å²) in [6.45, 7) is 0. The molecule has 1 heterocycles. The minimum atomic E-state index is -4.50. The zero-order chi connectivity index (χ0) is 20.3. The largest absolute Gasteiger partial charge is 0.399 e. The number of rotatable bonds is 5. The minimum Gasteiger partial charge on any atom is -0.266 e. The molecule has 2 aromatic carbocycles. The van der Waals surface area contributed by atoms with Crippen molar-refractivity contribution in [2.24, 2.45) is 0 Å². The van der Waals surface area contributed by atoms with Gasteiger partial charge >= 0.3 is 6.18 Å². The second kappa shape index (κ2) is 8.24. The van der Waals surface area contributed by atoms with Crippen LogP contribution in [-0.2, 0) is 0 Å². The molecule has 1 aromatic heterocycles. The Kier molecular flexibility index (Phi) is 5.96. The molecule has 0 fully saturated rings. The first-order chi connectivity index (χ1) is 13.3. The summed E-state index contributed by atoms with van der Waals surface area (Å²) in [5, 5.41) is 6.00. The third-order valence-corrected chi connectivity index (χ3v) is 4.50. The molecule has 0 aliphatic heterocycles. The normalized spacial score (nSPS) is 13.1. The van der Waals surface area contributed by atoms with Crippen molar-refractivity contribution in [3.05, 3.63) is 82.4 Å². The summed E-state index contributed by atoms with van der Waals surface area (Å²) < 4.78 is 41.1. The number of hydrogen-bond acceptors (Lipinski definition) is 3. The quantitative estimate of drug-likeness (QED) is 0.513. The van der Waals surface area contributed by atoms with Gasteiger partial charge < -0.3 is 0 Å². The van der Waals surface area contributed by atoms with Gasteiger partial charge in [0.2, 0.25) is 0 Å². The van der Waals surface area contributed by atoms with Gasteiger partial charge in [0, 0.05) is 17.1 Å². The fourth-order valence-electron chi connectivity index (χ4n) is 2.75. The standard InChI is InChI=1S/C19H15Cl2F3N4/c1-27(28-12-25-11-26-28)18-5-3-2-4-13(18)6-7-17(19(22,23)24)14-8-15(20)10-16(21)9-14/h2-12,17H,1H3/b7-6+. The van der Waals surface area contributed by atoms with Gasteiger partial charge in [0.25, 0.3) is 0 Å². The minimum absolute atomic E-state index is 0.0247. The van der Waals surface area contributed by atoms with Crippen molar-refractivity contribution in [1.82, 2.24) is 14.9 Å². The first-order valence-electron chi connectivity index (χ1n) is 8.14. The highest BCUT2D eigenvalue weighted by molar-refractivity contribution is 6.34. The molecule has 0 amide bonds. The van der Waals surface area contributed by atoms with Crippen molar-refractivity contribution in [2.75, 3.05) is 12.1 Å². The van der Waals surface area contributed by atoms with Gasteiger partial charge in [-0.1, -0.05) is 53.6 Å². The van der Waals surface area contributed by atoms with E-state index in [0.29, 0.717) is 11.3 Å². The van der Waals surface area contributed by atoms with Crippen molar-refractivity contribution in [2.45, 2.75) is 12.1 Å². The summed E-state index contributed by atoms with van der Waals surface area (Å²) in [6.07, 6.45) is 0.882. The molecular formula is C19H15Cl2F3N4. The predicted molar refractivity (Wildman–Crippen MR) is 105 cm³/mol. The van der Waals surface area contributed by atoms with Crippen LogP contribution in [0, 0.1) is 0 Å². The first-order valence-corrected chi connectivity index (χ1v) is 8.90. The lowest BCUT2D eigenvalue weighted by molar-refractivity contribution is -0.139. The molecule has 1 atom stereocenters. The van der Waals surface area contributed by atoms with Crippen molar-refractivity contribution in [3.8, 4) is 0 Å². The molecule has 3 aromatic rings. The van der Waals surface area contributed by atoms with Gasteiger partial charge in [0.15, 0.2) is 0 Å². The first kappa shape index (κ1) is 20.2. The number of anilines is 1. The number of benzene rings is 2. The van der Waals surface area contributed by atoms with E-state index in [4.69, 9.17) is 23.2 Å². The fourth-order valence-corrected chi connectivity index (χ4v) is 3.30. The Morgan fingerprint density at radius 1 is 1.11 bits per heavy atom. The molecule has 28 heavy (non-hydrogen) atoms. The van der Waals surface area contributed by atoms with E-state index in [9.17, 15) is 13.2 Å². The fraction of sp³-hybridized carbons (Fsp3) is 0.158. The number of halogens is 5. The summed E-state index contributed by atoms with van der Waals surface area (Å²) >= 11 is 11.8. The molecule has 4 nitrogen and oxygen atoms in total. The predicted octanol–water partition coefficient (Wildman–Crippen LogP) is 5.84. The van der Waals surface area contributed by atoms with Crippen molar-refractivity contribution >= 4 is 35.0 Å². The topological polar surface area (TPSA) is 34.0 Å². The monoisotopic (exact) mass is 426 g/mol. The van der Waals surface area contributed by atoms with Crippen LogP contribution in [0.25, 0.3) is 6.08 Å². The van der Waals surface area contributed by atoms with Crippen LogP contribution in [-0.4, -0.2) is 28.1 Å². The third kappa shape index (κ3) is 4.66. The van der Waals surface area contributed by atoms with E-state index >= 15 is 0 Å². The summed E-state index contributed by atoms with van der Waals surface area (Å²) in [7, 11) is 1.74. The van der Waals surface area contributed by atoms with E-state index in [2.05, 4.69) is 10.1 Å². The highest BCUT2D eigenvalue weighted by atomic mass is 35.5. The molecule has 0 saturated heterocycles. The van der Waals surface area contributed by atoms with Gasteiger partial charge in [-0.15, -0.1) is 5.10 Å². The maximum absolute atomic E-state index is 13.7. The molecule has 146 valence electrons. The second-order valence-corrected chi connectivity index (χ2v) is 6.85. The number of allylic oxidation sites excluding steroid dienone is 1. The van der Waals surface area contributed by atoms with E-state index in [-0.39, 0.29) is 15.6 Å². The molecule has 3 rings (SSSR count). The van der Waals surface area contributed by atoms with Crippen LogP contribution >= 0.6 is 23.2 Å². The van der Waals surface area contributed by atoms with E-state index in [1.807, 2.05) is 0 Å². The molecule has 0 spiro atoms. The van der Waals surface area contributed by atoms with E-state index < -0.39 is 12.1 Å². The molecule has 1 unspecified atom stereocenters. The maximum Gasteiger partial charge on any atom is 0.399 e. The Bertz CT molecular complexity index is 951. The number of alkyl halides is 3. The highest BCUT2D eigenvalue weighted by Crippen LogP contribution is 2.38. The summed E-state index contributed by atoms with van der Waals surface area (Å²) in [5.41, 5.74) is 1.22. The van der Waals surface area contributed by atoms with Crippen LogP contribution in [0.2, 0.25) is 10.0 Å². The van der Waals surface area contributed by atoms with E-state index in [1.165, 1.54) is 41.7 Å². The van der Waals surface area contributed by atoms with Crippen molar-refractivity contribution < 1.29 is 13.2 Å². The maximum atomic E-state index is 13.7. The van der Waals surface area contributed by atoms with Crippen LogP contribution in [0.3, 0.4) is 0 Å². The molecule has 0 radical (unpaired) electrons. The highest BCUT2D eigenvalue weighted by Gasteiger charge is 2.39. The Morgan fingerprint density at radius 3 is 2.39 bits per heavy atom. The number of hydrogen-bond donors (Lipinski definition) is 0. The van der Waals surface area contributed by atoms with E-state index in [1.54, 1.807) is 36.3 Å². The average Bonchev–Trinajstić information content (AvgIpc) is 3.14. The average molecular weight is 427 g/mol. The van der Waals surface area contributed by atoms with Gasteiger partial charge in [-0.05, 0) is 35.4 Å². The molecule has 0 aliphatic rings. The number of para-hydroxylation sites is 1.